The van der Waals surface area contributed by atoms with E-state index in [1.807, 2.05) is 0 Å². The maximum absolute atomic E-state index is 12.8. The average molecular weight is 330 g/mol. The van der Waals surface area contributed by atoms with Crippen molar-refractivity contribution in [3.05, 3.63) is 35.4 Å². The maximum atomic E-state index is 12.8. The minimum atomic E-state index is 0.279. The van der Waals surface area contributed by atoms with Crippen molar-refractivity contribution in [3.63, 3.8) is 0 Å². The molecule has 2 saturated heterocycles. The van der Waals surface area contributed by atoms with Crippen LogP contribution in [0.2, 0.25) is 0 Å². The van der Waals surface area contributed by atoms with E-state index in [1.165, 1.54) is 24.0 Å². The molecule has 0 bridgehead atoms. The Kier molecular flexibility index (Phi) is 5.94. The van der Waals surface area contributed by atoms with Gasteiger partial charge in [-0.25, -0.2) is 0 Å². The van der Waals surface area contributed by atoms with Gasteiger partial charge in [0.25, 0.3) is 0 Å². The van der Waals surface area contributed by atoms with E-state index >= 15 is 0 Å². The van der Waals surface area contributed by atoms with Crippen LogP contribution in [0.25, 0.3) is 0 Å². The summed E-state index contributed by atoms with van der Waals surface area (Å²) in [6.45, 7) is 9.81. The van der Waals surface area contributed by atoms with Crippen LogP contribution in [-0.4, -0.2) is 37.0 Å². The number of carbonyl (C=O) groups is 1. The lowest BCUT2D eigenvalue weighted by atomic mass is 9.92. The first kappa shape index (κ1) is 17.5. The number of hydrogen-bond acceptors (Lipinski definition) is 1. The summed E-state index contributed by atoms with van der Waals surface area (Å²) in [6, 6.07) is 9.06. The predicted octanol–water partition coefficient (Wildman–Crippen LogP) is 2.30. The first-order valence-corrected chi connectivity index (χ1v) is 9.86. The normalized spacial score (nSPS) is 27.9. The van der Waals surface area contributed by atoms with Gasteiger partial charge in [0, 0.05) is 37.4 Å². The van der Waals surface area contributed by atoms with Gasteiger partial charge < -0.3 is 9.80 Å². The Labute approximate surface area is 147 Å². The zero-order valence-electron chi connectivity index (χ0n) is 15.4. The minimum absolute atomic E-state index is 0.279. The van der Waals surface area contributed by atoms with Gasteiger partial charge in [-0.2, -0.15) is 0 Å². The molecule has 0 unspecified atom stereocenters. The van der Waals surface area contributed by atoms with Gasteiger partial charge in [0.15, 0.2) is 0 Å². The van der Waals surface area contributed by atoms with Crippen molar-refractivity contribution in [2.24, 2.45) is 11.8 Å². The average Bonchev–Trinajstić information content (AvgIpc) is 2.62. The Morgan fingerprint density at radius 3 is 2.42 bits per heavy atom. The van der Waals surface area contributed by atoms with Gasteiger partial charge in [-0.3, -0.25) is 4.79 Å². The summed E-state index contributed by atoms with van der Waals surface area (Å²) in [5, 5.41) is 0. The summed E-state index contributed by atoms with van der Waals surface area (Å²) < 4.78 is 0. The molecule has 0 spiro atoms. The van der Waals surface area contributed by atoms with Gasteiger partial charge in [0.05, 0.1) is 13.1 Å². The molecule has 132 valence electrons. The number of benzene rings is 1. The number of aryl methyl sites for hydroxylation is 1. The number of hydrogen-bond donors (Lipinski definition) is 1. The molecule has 0 radical (unpaired) electrons. The number of rotatable bonds is 4. The summed E-state index contributed by atoms with van der Waals surface area (Å²) in [4.78, 5) is 16.5. The van der Waals surface area contributed by atoms with E-state index in [2.05, 4.69) is 43.0 Å². The largest absolute Gasteiger partial charge is 0.342 e. The van der Waals surface area contributed by atoms with Crippen molar-refractivity contribution in [2.75, 3.05) is 26.2 Å². The zero-order valence-corrected chi connectivity index (χ0v) is 15.4. The second kappa shape index (κ2) is 8.15. The molecule has 1 aromatic rings. The van der Waals surface area contributed by atoms with Crippen LogP contribution in [0.3, 0.4) is 0 Å². The maximum Gasteiger partial charge on any atom is 0.226 e. The highest BCUT2D eigenvalue weighted by Gasteiger charge is 2.32. The van der Waals surface area contributed by atoms with Gasteiger partial charge in [0.2, 0.25) is 5.91 Å². The number of amides is 1. The third kappa shape index (κ3) is 4.38. The molecular weight excluding hydrogens is 296 g/mol. The highest BCUT2D eigenvalue weighted by Crippen LogP contribution is 2.20. The Balaban J connectivity index is 1.47. The number of piperidine rings is 2. The first-order chi connectivity index (χ1) is 11.7. The fourth-order valence-corrected chi connectivity index (χ4v) is 4.28. The van der Waals surface area contributed by atoms with E-state index in [0.717, 1.165) is 52.0 Å². The van der Waals surface area contributed by atoms with Crippen LogP contribution < -0.4 is 4.90 Å². The Morgan fingerprint density at radius 1 is 1.12 bits per heavy atom. The number of quaternary nitrogens is 1. The highest BCUT2D eigenvalue weighted by molar-refractivity contribution is 5.79. The van der Waals surface area contributed by atoms with Crippen LogP contribution in [0.4, 0.5) is 0 Å². The second-order valence-electron chi connectivity index (χ2n) is 7.90. The molecule has 3 rings (SSSR count). The fourth-order valence-electron chi connectivity index (χ4n) is 4.28. The number of nitrogens with zero attached hydrogens (tertiary/aromatic N) is 1. The van der Waals surface area contributed by atoms with E-state index < -0.39 is 0 Å². The van der Waals surface area contributed by atoms with Crippen LogP contribution in [0.1, 0.15) is 50.7 Å². The summed E-state index contributed by atoms with van der Waals surface area (Å²) in [6.07, 6.45) is 5.70. The fraction of sp³-hybridized carbons (Fsp3) is 0.667. The molecule has 3 heteroatoms. The predicted molar refractivity (Wildman–Crippen MR) is 97.9 cm³/mol. The molecule has 0 saturated carbocycles. The van der Waals surface area contributed by atoms with Crippen molar-refractivity contribution in [3.8, 4) is 0 Å². The van der Waals surface area contributed by atoms with Crippen molar-refractivity contribution in [1.29, 1.82) is 0 Å². The van der Waals surface area contributed by atoms with E-state index in [0.29, 0.717) is 11.8 Å². The summed E-state index contributed by atoms with van der Waals surface area (Å²) in [5.41, 5.74) is 2.84. The zero-order chi connectivity index (χ0) is 16.9. The monoisotopic (exact) mass is 329 g/mol. The van der Waals surface area contributed by atoms with Crippen LogP contribution in [-0.2, 0) is 17.8 Å². The van der Waals surface area contributed by atoms with Gasteiger partial charge >= 0.3 is 0 Å². The smallest absolute Gasteiger partial charge is 0.226 e. The topological polar surface area (TPSA) is 24.8 Å². The van der Waals surface area contributed by atoms with E-state index in [4.69, 9.17) is 0 Å². The van der Waals surface area contributed by atoms with Gasteiger partial charge in [-0.1, -0.05) is 38.1 Å². The van der Waals surface area contributed by atoms with E-state index in [9.17, 15) is 4.79 Å². The van der Waals surface area contributed by atoms with Gasteiger partial charge in [-0.15, -0.1) is 0 Å². The molecule has 1 aromatic carbocycles. The van der Waals surface area contributed by atoms with Crippen molar-refractivity contribution in [2.45, 2.75) is 52.5 Å². The van der Waals surface area contributed by atoms with Gasteiger partial charge in [-0.05, 0) is 30.7 Å². The van der Waals surface area contributed by atoms with Crippen LogP contribution in [0.5, 0.6) is 0 Å². The third-order valence-electron chi connectivity index (χ3n) is 5.90. The van der Waals surface area contributed by atoms with Crippen LogP contribution in [0.15, 0.2) is 24.3 Å². The number of likely N-dealkylation sites (tertiary alicyclic amines) is 2. The lowest BCUT2D eigenvalue weighted by molar-refractivity contribution is -0.919. The van der Waals surface area contributed by atoms with Gasteiger partial charge in [0.1, 0.15) is 6.54 Å². The lowest BCUT2D eigenvalue weighted by Crippen LogP contribution is -3.11. The molecule has 24 heavy (non-hydrogen) atoms. The third-order valence-corrected chi connectivity index (χ3v) is 5.90. The first-order valence-electron chi connectivity index (χ1n) is 9.86. The minimum Gasteiger partial charge on any atom is -0.342 e. The summed E-state index contributed by atoms with van der Waals surface area (Å²) in [5.74, 6) is 1.40. The van der Waals surface area contributed by atoms with E-state index in [-0.39, 0.29) is 5.92 Å². The SMILES string of the molecule is CCc1ccc(C[NH+]2CCC(C(=O)N3CCC[C@@H](C)C3)CC2)cc1. The Hall–Kier alpha value is -1.35. The Bertz CT molecular complexity index is 531. The summed E-state index contributed by atoms with van der Waals surface area (Å²) in [7, 11) is 0. The van der Waals surface area contributed by atoms with Crippen molar-refractivity contribution >= 4 is 5.91 Å². The second-order valence-corrected chi connectivity index (χ2v) is 7.90. The molecule has 1 atom stereocenters. The lowest BCUT2D eigenvalue weighted by Gasteiger charge is -2.36. The molecule has 0 aliphatic carbocycles. The molecule has 0 aromatic heterocycles. The molecular formula is C21H33N2O+. The van der Waals surface area contributed by atoms with Crippen molar-refractivity contribution < 1.29 is 9.69 Å². The van der Waals surface area contributed by atoms with Crippen LogP contribution in [0, 0.1) is 11.8 Å². The highest BCUT2D eigenvalue weighted by atomic mass is 16.2. The quantitative estimate of drug-likeness (QED) is 0.901. The van der Waals surface area contributed by atoms with Crippen molar-refractivity contribution in [1.82, 2.24) is 4.90 Å². The molecule has 2 heterocycles. The molecule has 2 aliphatic rings. The number of carbonyl (C=O) groups excluding carboxylic acids is 1. The molecule has 1 N–H and O–H groups in total. The standard InChI is InChI=1S/C21H32N2O/c1-3-18-6-8-19(9-7-18)16-22-13-10-20(11-14-22)21(24)23-12-4-5-17(2)15-23/h6-9,17,20H,3-5,10-16H2,1-2H3/p+1/t17-/m1/s1. The molecule has 2 aliphatic heterocycles. The molecule has 2 fully saturated rings. The van der Waals surface area contributed by atoms with Crippen LogP contribution >= 0.6 is 0 Å². The molecule has 1 amide bonds. The van der Waals surface area contributed by atoms with E-state index in [1.54, 1.807) is 4.90 Å². The number of nitrogens with one attached hydrogen (secondary N) is 1. The Morgan fingerprint density at radius 2 is 1.79 bits per heavy atom. The summed E-state index contributed by atoms with van der Waals surface area (Å²) >= 11 is 0. The molecule has 3 nitrogen and oxygen atoms in total.